The Balaban J connectivity index is 0.000000601. The molecule has 6 heteroatoms. The third kappa shape index (κ3) is 4.32. The Morgan fingerprint density at radius 2 is 1.79 bits per heavy atom. The average Bonchev–Trinajstić information content (AvgIpc) is 3.38. The minimum Gasteiger partial charge on any atom is -0.481 e. The van der Waals surface area contributed by atoms with Gasteiger partial charge in [0.25, 0.3) is 5.97 Å². The summed E-state index contributed by atoms with van der Waals surface area (Å²) in [4.78, 5) is 21.6. The number of hydrogen-bond acceptors (Lipinski definition) is 5. The van der Waals surface area contributed by atoms with E-state index in [-0.39, 0.29) is 23.0 Å². The zero-order chi connectivity index (χ0) is 23.9. The van der Waals surface area contributed by atoms with Gasteiger partial charge in [0, 0.05) is 26.9 Å². The molecule has 7 atom stereocenters. The number of methoxy groups -OCH3 is 1. The molecule has 5 aliphatic rings. The fourth-order valence-corrected chi connectivity index (χ4v) is 8.21. The van der Waals surface area contributed by atoms with Crippen LogP contribution in [0.15, 0.2) is 11.6 Å². The van der Waals surface area contributed by atoms with E-state index in [4.69, 9.17) is 19.4 Å². The number of carboxylic acid groups (broad SMARTS) is 1. The fraction of sp³-hybridized carbons (Fsp3) is 0.852. The summed E-state index contributed by atoms with van der Waals surface area (Å²) in [6.45, 7) is 3.38. The van der Waals surface area contributed by atoms with Crippen molar-refractivity contribution in [3.63, 3.8) is 0 Å². The molecule has 0 aromatic rings. The minimum atomic E-state index is -0.833. The largest absolute Gasteiger partial charge is 0.481 e. The molecule has 6 nitrogen and oxygen atoms in total. The quantitative estimate of drug-likeness (QED) is 0.351. The predicted octanol–water partition coefficient (Wildman–Crippen LogP) is 4.88. The molecule has 0 unspecified atom stereocenters. The number of aliphatic hydroxyl groups is 1. The Hall–Kier alpha value is -1.24. The molecule has 186 valence electrons. The molecule has 4 saturated carbocycles. The van der Waals surface area contributed by atoms with Gasteiger partial charge in [0.1, 0.15) is 6.29 Å². The number of allylic oxidation sites excluding steroid dienone is 1. The van der Waals surface area contributed by atoms with E-state index in [1.807, 2.05) is 0 Å². The van der Waals surface area contributed by atoms with Crippen molar-refractivity contribution in [1.82, 2.24) is 0 Å². The highest BCUT2D eigenvalue weighted by molar-refractivity contribution is 5.67. The lowest BCUT2D eigenvalue weighted by molar-refractivity contribution is -0.246. The lowest BCUT2D eigenvalue weighted by atomic mass is 9.48. The molecule has 33 heavy (non-hydrogen) atoms. The maximum atomic E-state index is 12.6. The Kier molecular flexibility index (Phi) is 7.10. The first-order valence-electron chi connectivity index (χ1n) is 13.0. The predicted molar refractivity (Wildman–Crippen MR) is 124 cm³/mol. The first-order chi connectivity index (χ1) is 15.7. The second-order valence-corrected chi connectivity index (χ2v) is 11.5. The van der Waals surface area contributed by atoms with Gasteiger partial charge < -0.3 is 24.5 Å². The first-order valence-corrected chi connectivity index (χ1v) is 13.0. The number of carbonyl (C=O) groups is 2. The topological polar surface area (TPSA) is 93.1 Å². The molecular formula is C27H42O6. The zero-order valence-electron chi connectivity index (χ0n) is 20.6. The van der Waals surface area contributed by atoms with Gasteiger partial charge in [0.15, 0.2) is 5.79 Å². The van der Waals surface area contributed by atoms with Crippen LogP contribution < -0.4 is 0 Å². The molecule has 0 saturated heterocycles. The highest BCUT2D eigenvalue weighted by atomic mass is 16.7. The van der Waals surface area contributed by atoms with Crippen LogP contribution in [-0.2, 0) is 19.1 Å². The second kappa shape index (κ2) is 9.43. The van der Waals surface area contributed by atoms with Gasteiger partial charge in [-0.3, -0.25) is 4.79 Å². The van der Waals surface area contributed by atoms with Gasteiger partial charge >= 0.3 is 0 Å². The minimum absolute atomic E-state index is 0.0597. The van der Waals surface area contributed by atoms with E-state index in [9.17, 15) is 9.90 Å². The van der Waals surface area contributed by atoms with Crippen LogP contribution in [0, 0.1) is 28.6 Å². The van der Waals surface area contributed by atoms with Crippen LogP contribution >= 0.6 is 0 Å². The van der Waals surface area contributed by atoms with Gasteiger partial charge in [-0.1, -0.05) is 18.6 Å². The van der Waals surface area contributed by atoms with E-state index in [1.54, 1.807) is 7.11 Å². The third-order valence-corrected chi connectivity index (χ3v) is 9.94. The van der Waals surface area contributed by atoms with Gasteiger partial charge in [-0.05, 0) is 87.4 Å². The van der Waals surface area contributed by atoms with E-state index in [0.29, 0.717) is 17.8 Å². The van der Waals surface area contributed by atoms with Crippen molar-refractivity contribution in [2.24, 2.45) is 28.6 Å². The summed E-state index contributed by atoms with van der Waals surface area (Å²) < 4.78 is 12.4. The zero-order valence-corrected chi connectivity index (χ0v) is 20.6. The molecule has 0 amide bonds. The van der Waals surface area contributed by atoms with Crippen molar-refractivity contribution >= 4 is 12.3 Å². The summed E-state index contributed by atoms with van der Waals surface area (Å²) in [5.74, 6) is 0.343. The lowest BCUT2D eigenvalue weighted by Crippen LogP contribution is -2.53. The van der Waals surface area contributed by atoms with E-state index >= 15 is 0 Å². The molecule has 5 rings (SSSR count). The fourth-order valence-electron chi connectivity index (χ4n) is 8.21. The van der Waals surface area contributed by atoms with Crippen LogP contribution in [0.5, 0.6) is 0 Å². The maximum absolute atomic E-state index is 12.6. The van der Waals surface area contributed by atoms with Gasteiger partial charge in [-0.2, -0.15) is 0 Å². The summed E-state index contributed by atoms with van der Waals surface area (Å²) in [6.07, 6.45) is 16.1. The summed E-state index contributed by atoms with van der Waals surface area (Å²) in [6, 6.07) is 0. The summed E-state index contributed by atoms with van der Waals surface area (Å²) in [5, 5.41) is 18.0. The van der Waals surface area contributed by atoms with Crippen LogP contribution in [0.3, 0.4) is 0 Å². The monoisotopic (exact) mass is 462 g/mol. The van der Waals surface area contributed by atoms with E-state index in [0.717, 1.165) is 71.1 Å². The van der Waals surface area contributed by atoms with Crippen molar-refractivity contribution in [3.8, 4) is 0 Å². The Morgan fingerprint density at radius 3 is 2.42 bits per heavy atom. The number of carboxylic acids is 1. The van der Waals surface area contributed by atoms with Crippen molar-refractivity contribution in [2.75, 3.05) is 7.11 Å². The molecular weight excluding hydrogens is 420 g/mol. The summed E-state index contributed by atoms with van der Waals surface area (Å²) in [7, 11) is 1.78. The third-order valence-electron chi connectivity index (χ3n) is 9.94. The smallest absolute Gasteiger partial charge is 0.300 e. The van der Waals surface area contributed by atoms with Crippen LogP contribution in [0.25, 0.3) is 0 Å². The van der Waals surface area contributed by atoms with Crippen molar-refractivity contribution in [2.45, 2.75) is 109 Å². The standard InChI is InChI=1S/C25H38O4.C2H4O2/c1-23-13-10-21-19(20(23)7-8-22(23)27)6-5-17-15-18(9-14-24(17,21)16-26)29-25(28-2)11-3-4-12-25;1-2(3)4/h5,16,18-22,27H,3-4,6-15H2,1-2H3;1H3,(H,3,4)/t18-,19-,20-,21-,22-,23-,24+;/m0./s1. The van der Waals surface area contributed by atoms with Crippen LogP contribution in [0.4, 0.5) is 0 Å². The number of fused-ring (bicyclic) bond motifs is 5. The number of aliphatic carboxylic acids is 1. The number of aliphatic hydroxyl groups excluding tert-OH is 1. The summed E-state index contributed by atoms with van der Waals surface area (Å²) in [5.41, 5.74) is 1.12. The van der Waals surface area contributed by atoms with Crippen LogP contribution in [-0.4, -0.2) is 47.6 Å². The number of carbonyl (C=O) groups excluding carboxylic acids is 1. The van der Waals surface area contributed by atoms with E-state index < -0.39 is 11.8 Å². The molecule has 0 heterocycles. The second-order valence-electron chi connectivity index (χ2n) is 11.5. The average molecular weight is 463 g/mol. The molecule has 2 N–H and O–H groups in total. The normalized spacial score (nSPS) is 43.3. The lowest BCUT2D eigenvalue weighted by Gasteiger charge is -2.57. The van der Waals surface area contributed by atoms with Crippen LogP contribution in [0.1, 0.15) is 90.9 Å². The number of aldehydes is 1. The maximum Gasteiger partial charge on any atom is 0.300 e. The Morgan fingerprint density at radius 1 is 1.09 bits per heavy atom. The van der Waals surface area contributed by atoms with Gasteiger partial charge in [0.2, 0.25) is 0 Å². The van der Waals surface area contributed by atoms with Gasteiger partial charge in [-0.15, -0.1) is 0 Å². The molecule has 0 aromatic heterocycles. The SMILES string of the molecule is CC(=O)O.COC1(O[C@H]2CC[C@@]3(C=O)C(=CC[C@H]4[C@@H]5CC[C@H](O)[C@@]5(C)CC[C@@H]43)C2)CCCC1. The van der Waals surface area contributed by atoms with Gasteiger partial charge in [0.05, 0.1) is 17.6 Å². The molecule has 5 aliphatic carbocycles. The van der Waals surface area contributed by atoms with Crippen molar-refractivity contribution < 1.29 is 29.3 Å². The number of hydrogen-bond donors (Lipinski definition) is 2. The molecule has 0 aromatic carbocycles. The Labute approximate surface area is 198 Å². The Bertz CT molecular complexity index is 767. The van der Waals surface area contributed by atoms with Crippen molar-refractivity contribution in [3.05, 3.63) is 11.6 Å². The number of rotatable bonds is 4. The molecule has 0 aliphatic heterocycles. The highest BCUT2D eigenvalue weighted by Gasteiger charge is 2.60. The molecule has 4 fully saturated rings. The van der Waals surface area contributed by atoms with E-state index in [1.165, 1.54) is 24.7 Å². The van der Waals surface area contributed by atoms with Crippen LogP contribution in [0.2, 0.25) is 0 Å². The van der Waals surface area contributed by atoms with Crippen molar-refractivity contribution in [1.29, 1.82) is 0 Å². The first kappa shape index (κ1) is 24.9. The highest BCUT2D eigenvalue weighted by Crippen LogP contribution is 2.64. The molecule has 0 radical (unpaired) electrons. The van der Waals surface area contributed by atoms with E-state index in [2.05, 4.69) is 13.0 Å². The molecule has 0 bridgehead atoms. The molecule has 0 spiro atoms. The summed E-state index contributed by atoms with van der Waals surface area (Å²) >= 11 is 0. The van der Waals surface area contributed by atoms with Gasteiger partial charge in [-0.25, -0.2) is 0 Å². The number of ether oxygens (including phenoxy) is 2.